The first kappa shape index (κ1) is 27.0. The molecule has 1 N–H and O–H groups in total. The number of hydrogen-bond acceptors (Lipinski definition) is 5. The minimum absolute atomic E-state index is 0.122. The van der Waals surface area contributed by atoms with Crippen molar-refractivity contribution in [3.8, 4) is 11.5 Å². The van der Waals surface area contributed by atoms with Crippen LogP contribution in [0.25, 0.3) is 0 Å². The summed E-state index contributed by atoms with van der Waals surface area (Å²) in [5.41, 5.74) is 2.10. The molecule has 3 rings (SSSR count). The van der Waals surface area contributed by atoms with Gasteiger partial charge in [-0.2, -0.15) is 0 Å². The molecule has 0 spiro atoms. The molecule has 9 heteroatoms. The van der Waals surface area contributed by atoms with E-state index in [0.29, 0.717) is 18.8 Å². The Morgan fingerprint density at radius 2 is 1.69 bits per heavy atom. The van der Waals surface area contributed by atoms with E-state index in [1.54, 1.807) is 31.4 Å². The maximum atomic E-state index is 13.5. The molecule has 0 heterocycles. The van der Waals surface area contributed by atoms with E-state index in [0.717, 1.165) is 33.3 Å². The zero-order valence-electron chi connectivity index (χ0n) is 20.8. The van der Waals surface area contributed by atoms with Gasteiger partial charge in [0.05, 0.1) is 30.3 Å². The summed E-state index contributed by atoms with van der Waals surface area (Å²) < 4.78 is 52.2. The lowest BCUT2D eigenvalue weighted by Gasteiger charge is -2.26. The minimum atomic E-state index is -4.17. The molecule has 1 atom stereocenters. The van der Waals surface area contributed by atoms with Crippen LogP contribution < -0.4 is 19.1 Å². The molecule has 0 aromatic heterocycles. The number of benzene rings is 3. The first-order valence-electron chi connectivity index (χ1n) is 11.6. The summed E-state index contributed by atoms with van der Waals surface area (Å²) >= 11 is 0. The van der Waals surface area contributed by atoms with Crippen molar-refractivity contribution in [3.63, 3.8) is 0 Å². The number of rotatable bonds is 11. The maximum Gasteiger partial charge on any atom is 0.264 e. The van der Waals surface area contributed by atoms with Crippen LogP contribution in [0.15, 0.2) is 71.6 Å². The van der Waals surface area contributed by atoms with Crippen LogP contribution in [0, 0.1) is 12.7 Å². The lowest BCUT2D eigenvalue weighted by atomic mass is 10.0. The van der Waals surface area contributed by atoms with Crippen LogP contribution in [0.5, 0.6) is 11.5 Å². The second-order valence-corrected chi connectivity index (χ2v) is 10.0. The molecule has 1 amide bonds. The number of nitrogens with one attached hydrogen (secondary N) is 1. The molecule has 0 bridgehead atoms. The molecular weight excluding hydrogens is 483 g/mol. The van der Waals surface area contributed by atoms with Gasteiger partial charge < -0.3 is 14.8 Å². The molecule has 0 aliphatic rings. The topological polar surface area (TPSA) is 84.9 Å². The van der Waals surface area contributed by atoms with E-state index < -0.39 is 28.3 Å². The van der Waals surface area contributed by atoms with Crippen LogP contribution in [-0.4, -0.2) is 34.6 Å². The van der Waals surface area contributed by atoms with Crippen LogP contribution in [0.1, 0.15) is 37.4 Å². The normalized spacial score (nSPS) is 12.0. The van der Waals surface area contributed by atoms with Gasteiger partial charge in [0.15, 0.2) is 0 Å². The summed E-state index contributed by atoms with van der Waals surface area (Å²) in [7, 11) is -2.57. The number of methoxy groups -OCH3 is 1. The Kier molecular flexibility index (Phi) is 8.93. The first-order chi connectivity index (χ1) is 17.2. The second kappa shape index (κ2) is 11.9. The fourth-order valence-corrected chi connectivity index (χ4v) is 5.25. The highest BCUT2D eigenvalue weighted by molar-refractivity contribution is 7.92. The molecule has 0 unspecified atom stereocenters. The molecule has 3 aromatic carbocycles. The second-order valence-electron chi connectivity index (χ2n) is 8.15. The van der Waals surface area contributed by atoms with Crippen molar-refractivity contribution < 1.29 is 27.1 Å². The Hall–Kier alpha value is -3.59. The smallest absolute Gasteiger partial charge is 0.264 e. The average Bonchev–Trinajstić information content (AvgIpc) is 2.87. The number of halogens is 1. The van der Waals surface area contributed by atoms with Crippen LogP contribution in [0.4, 0.5) is 10.1 Å². The lowest BCUT2D eigenvalue weighted by molar-refractivity contribution is -0.120. The van der Waals surface area contributed by atoms with Gasteiger partial charge in [-0.3, -0.25) is 9.10 Å². The molecule has 0 saturated heterocycles. The molecule has 36 heavy (non-hydrogen) atoms. The lowest BCUT2D eigenvalue weighted by Crippen LogP contribution is -2.42. The molecule has 0 fully saturated rings. The van der Waals surface area contributed by atoms with Crippen molar-refractivity contribution in [1.29, 1.82) is 0 Å². The predicted molar refractivity (Wildman–Crippen MR) is 137 cm³/mol. The first-order valence-corrected chi connectivity index (χ1v) is 13.1. The molecule has 3 aromatic rings. The molecule has 0 aliphatic carbocycles. The summed E-state index contributed by atoms with van der Waals surface area (Å²) in [6.45, 7) is 5.70. The number of carbonyl (C=O) groups is 1. The quantitative estimate of drug-likeness (QED) is 0.389. The van der Waals surface area contributed by atoms with Gasteiger partial charge in [-0.15, -0.1) is 0 Å². The Labute approximate surface area is 211 Å². The van der Waals surface area contributed by atoms with Gasteiger partial charge >= 0.3 is 0 Å². The van der Waals surface area contributed by atoms with Crippen molar-refractivity contribution >= 4 is 21.6 Å². The third-order valence-corrected chi connectivity index (χ3v) is 7.48. The predicted octanol–water partition coefficient (Wildman–Crippen LogP) is 5.00. The summed E-state index contributed by atoms with van der Waals surface area (Å²) in [5, 5.41) is 2.94. The molecule has 0 aliphatic heterocycles. The number of nitrogens with zero attached hydrogens (tertiary/aromatic N) is 1. The van der Waals surface area contributed by atoms with E-state index >= 15 is 0 Å². The van der Waals surface area contributed by atoms with Crippen LogP contribution >= 0.6 is 0 Å². The van der Waals surface area contributed by atoms with Crippen molar-refractivity contribution in [2.75, 3.05) is 24.6 Å². The highest BCUT2D eigenvalue weighted by atomic mass is 32.2. The van der Waals surface area contributed by atoms with Gasteiger partial charge in [0.1, 0.15) is 23.9 Å². The Bertz CT molecular complexity index is 1280. The summed E-state index contributed by atoms with van der Waals surface area (Å²) in [6, 6.07) is 16.3. The van der Waals surface area contributed by atoms with Gasteiger partial charge in [0, 0.05) is 0 Å². The fourth-order valence-electron chi connectivity index (χ4n) is 3.83. The van der Waals surface area contributed by atoms with Crippen molar-refractivity contribution in [3.05, 3.63) is 83.7 Å². The largest absolute Gasteiger partial charge is 0.496 e. The van der Waals surface area contributed by atoms with Gasteiger partial charge in [-0.05, 0) is 86.0 Å². The summed E-state index contributed by atoms with van der Waals surface area (Å²) in [5.74, 6) is 0.285. The van der Waals surface area contributed by atoms with E-state index in [2.05, 4.69) is 5.32 Å². The van der Waals surface area contributed by atoms with Gasteiger partial charge in [-0.25, -0.2) is 12.8 Å². The van der Waals surface area contributed by atoms with Gasteiger partial charge in [0.2, 0.25) is 5.91 Å². The third-order valence-electron chi connectivity index (χ3n) is 5.69. The third kappa shape index (κ3) is 6.34. The van der Waals surface area contributed by atoms with E-state index in [1.807, 2.05) is 39.0 Å². The van der Waals surface area contributed by atoms with Crippen LogP contribution in [0.3, 0.4) is 0 Å². The highest BCUT2D eigenvalue weighted by Crippen LogP contribution is 2.27. The number of ether oxygens (including phenoxy) is 2. The van der Waals surface area contributed by atoms with Crippen molar-refractivity contribution in [2.24, 2.45) is 0 Å². The summed E-state index contributed by atoms with van der Waals surface area (Å²) in [6.07, 6.45) is 0.602. The average molecular weight is 515 g/mol. The van der Waals surface area contributed by atoms with Crippen molar-refractivity contribution in [2.45, 2.75) is 38.1 Å². The number of carbonyl (C=O) groups excluding carboxylic acids is 1. The molecule has 192 valence electrons. The zero-order valence-corrected chi connectivity index (χ0v) is 21.6. The van der Waals surface area contributed by atoms with E-state index in [9.17, 15) is 17.6 Å². The monoisotopic (exact) mass is 514 g/mol. The summed E-state index contributed by atoms with van der Waals surface area (Å²) in [4.78, 5) is 13.0. The molecular formula is C27H31FN2O5S. The van der Waals surface area contributed by atoms with Gasteiger partial charge in [0.25, 0.3) is 10.0 Å². The maximum absolute atomic E-state index is 13.5. The van der Waals surface area contributed by atoms with Crippen molar-refractivity contribution in [1.82, 2.24) is 5.32 Å². The minimum Gasteiger partial charge on any atom is -0.496 e. The molecule has 0 radical (unpaired) electrons. The SMILES string of the molecule is CCOc1ccc(N(CC(=O)N[C@H](CC)c2ccc(OC)c(C)c2)S(=O)(=O)c2ccc(F)cc2)cc1. The number of hydrogen-bond donors (Lipinski definition) is 1. The Morgan fingerprint density at radius 3 is 2.25 bits per heavy atom. The van der Waals surface area contributed by atoms with E-state index in [4.69, 9.17) is 9.47 Å². The Balaban J connectivity index is 1.90. The number of aryl methyl sites for hydroxylation is 1. The van der Waals surface area contributed by atoms with E-state index in [1.165, 1.54) is 12.1 Å². The highest BCUT2D eigenvalue weighted by Gasteiger charge is 2.28. The number of anilines is 1. The zero-order chi connectivity index (χ0) is 26.3. The Morgan fingerprint density at radius 1 is 1.03 bits per heavy atom. The van der Waals surface area contributed by atoms with E-state index in [-0.39, 0.29) is 16.6 Å². The fraction of sp³-hybridized carbons (Fsp3) is 0.296. The molecule has 0 saturated carbocycles. The number of sulfonamides is 1. The van der Waals surface area contributed by atoms with Crippen LogP contribution in [0.2, 0.25) is 0 Å². The number of amides is 1. The van der Waals surface area contributed by atoms with Crippen LogP contribution in [-0.2, 0) is 14.8 Å². The standard InChI is InChI=1S/C27H31FN2O5S/c1-5-25(20-7-16-26(34-4)19(3)17-20)29-27(31)18-30(22-10-12-23(13-11-22)35-6-2)36(32,33)24-14-8-21(28)9-15-24/h7-17,25H,5-6,18H2,1-4H3,(H,29,31)/t25-/m1/s1. The van der Waals surface area contributed by atoms with Gasteiger partial charge in [-0.1, -0.05) is 19.1 Å². The molecule has 7 nitrogen and oxygen atoms in total.